The SMILES string of the molecule is Cc1ccc(N2C(=O)c3oc4ccc(C)cc4c(=O)c3C2c2cccc([N+](=O)[O-])c2)cc1. The van der Waals surface area contributed by atoms with Gasteiger partial charge in [0.1, 0.15) is 5.58 Å². The first-order chi connectivity index (χ1) is 15.3. The van der Waals surface area contributed by atoms with E-state index in [0.29, 0.717) is 22.2 Å². The summed E-state index contributed by atoms with van der Waals surface area (Å²) in [6.45, 7) is 3.80. The van der Waals surface area contributed by atoms with Gasteiger partial charge in [0, 0.05) is 17.8 Å². The average Bonchev–Trinajstić information content (AvgIpc) is 3.07. The maximum Gasteiger partial charge on any atom is 0.295 e. The standard InChI is InChI=1S/C25H18N2O5/c1-14-6-9-17(10-7-14)26-22(16-4-3-5-18(13-16)27(30)31)21-23(28)19-12-15(2)8-11-20(19)32-24(21)25(26)29/h3-13,22H,1-2H3. The molecule has 32 heavy (non-hydrogen) atoms. The number of nitro benzene ring substituents is 1. The molecule has 0 saturated carbocycles. The quantitative estimate of drug-likeness (QED) is 0.337. The number of hydrogen-bond donors (Lipinski definition) is 0. The summed E-state index contributed by atoms with van der Waals surface area (Å²) in [5.41, 5.74) is 3.02. The van der Waals surface area contributed by atoms with Gasteiger partial charge in [-0.15, -0.1) is 0 Å². The Morgan fingerprint density at radius 3 is 2.38 bits per heavy atom. The lowest BCUT2D eigenvalue weighted by Gasteiger charge is -2.25. The second kappa shape index (κ2) is 7.16. The van der Waals surface area contributed by atoms with Crippen molar-refractivity contribution < 1.29 is 14.1 Å². The molecule has 1 atom stereocenters. The molecule has 1 unspecified atom stereocenters. The van der Waals surface area contributed by atoms with E-state index in [1.54, 1.807) is 36.4 Å². The molecule has 1 aliphatic rings. The molecule has 0 fully saturated rings. The van der Waals surface area contributed by atoms with E-state index < -0.39 is 16.9 Å². The van der Waals surface area contributed by atoms with Crippen LogP contribution in [0.3, 0.4) is 0 Å². The van der Waals surface area contributed by atoms with Crippen molar-refractivity contribution in [3.8, 4) is 0 Å². The molecule has 0 spiro atoms. The maximum absolute atomic E-state index is 13.6. The van der Waals surface area contributed by atoms with Crippen LogP contribution in [0, 0.1) is 24.0 Å². The molecule has 1 aliphatic heterocycles. The van der Waals surface area contributed by atoms with Crippen LogP contribution in [0.1, 0.15) is 38.9 Å². The summed E-state index contributed by atoms with van der Waals surface area (Å²) in [5.74, 6) is -0.497. The number of hydrogen-bond acceptors (Lipinski definition) is 5. The van der Waals surface area contributed by atoms with E-state index in [1.165, 1.54) is 17.0 Å². The minimum atomic E-state index is -0.846. The Labute approximate surface area is 182 Å². The van der Waals surface area contributed by atoms with Gasteiger partial charge in [-0.3, -0.25) is 24.6 Å². The van der Waals surface area contributed by atoms with E-state index in [1.807, 2.05) is 32.0 Å². The van der Waals surface area contributed by atoms with Gasteiger partial charge >= 0.3 is 0 Å². The molecule has 0 saturated heterocycles. The Balaban J connectivity index is 1.82. The third kappa shape index (κ3) is 2.98. The van der Waals surface area contributed by atoms with Crippen molar-refractivity contribution in [3.05, 3.63) is 115 Å². The molecule has 3 aromatic carbocycles. The molecular formula is C25H18N2O5. The number of carbonyl (C=O) groups is 1. The Morgan fingerprint density at radius 2 is 1.66 bits per heavy atom. The monoisotopic (exact) mass is 426 g/mol. The van der Waals surface area contributed by atoms with E-state index in [0.717, 1.165) is 11.1 Å². The molecule has 0 N–H and O–H groups in total. The normalized spacial score (nSPS) is 15.2. The van der Waals surface area contributed by atoms with Gasteiger partial charge in [-0.25, -0.2) is 0 Å². The zero-order valence-electron chi connectivity index (χ0n) is 17.4. The van der Waals surface area contributed by atoms with Crippen molar-refractivity contribution in [2.75, 3.05) is 4.90 Å². The molecule has 4 aromatic rings. The highest BCUT2D eigenvalue weighted by Gasteiger charge is 2.44. The third-order valence-corrected chi connectivity index (χ3v) is 5.73. The van der Waals surface area contributed by atoms with Gasteiger partial charge in [0.15, 0.2) is 5.43 Å². The molecule has 7 heteroatoms. The van der Waals surface area contributed by atoms with Crippen LogP contribution in [-0.4, -0.2) is 10.8 Å². The summed E-state index contributed by atoms with van der Waals surface area (Å²) in [6.07, 6.45) is 0. The van der Waals surface area contributed by atoms with Crippen LogP contribution in [-0.2, 0) is 0 Å². The number of aryl methyl sites for hydroxylation is 2. The van der Waals surface area contributed by atoms with Gasteiger partial charge in [0.25, 0.3) is 11.6 Å². The first-order valence-electron chi connectivity index (χ1n) is 10.1. The first kappa shape index (κ1) is 19.7. The highest BCUT2D eigenvalue weighted by Crippen LogP contribution is 2.41. The van der Waals surface area contributed by atoms with Crippen LogP contribution in [0.15, 0.2) is 75.9 Å². The number of fused-ring (bicyclic) bond motifs is 2. The summed E-state index contributed by atoms with van der Waals surface area (Å²) < 4.78 is 5.93. The van der Waals surface area contributed by atoms with Crippen molar-refractivity contribution in [1.82, 2.24) is 0 Å². The second-order valence-corrected chi connectivity index (χ2v) is 7.94. The number of nitro groups is 1. The molecular weight excluding hydrogens is 408 g/mol. The fourth-order valence-corrected chi connectivity index (χ4v) is 4.18. The second-order valence-electron chi connectivity index (χ2n) is 7.94. The summed E-state index contributed by atoms with van der Waals surface area (Å²) >= 11 is 0. The third-order valence-electron chi connectivity index (χ3n) is 5.73. The fraction of sp³-hybridized carbons (Fsp3) is 0.120. The maximum atomic E-state index is 13.6. The van der Waals surface area contributed by atoms with Gasteiger partial charge in [-0.05, 0) is 43.7 Å². The highest BCUT2D eigenvalue weighted by atomic mass is 16.6. The van der Waals surface area contributed by atoms with Crippen molar-refractivity contribution >= 4 is 28.3 Å². The average molecular weight is 426 g/mol. The number of carbonyl (C=O) groups excluding carboxylic acids is 1. The molecule has 7 nitrogen and oxygen atoms in total. The predicted octanol–water partition coefficient (Wildman–Crippen LogP) is 5.07. The number of amides is 1. The van der Waals surface area contributed by atoms with Crippen molar-refractivity contribution in [1.29, 1.82) is 0 Å². The Hall–Kier alpha value is -4.26. The molecule has 1 aromatic heterocycles. The van der Waals surface area contributed by atoms with Crippen LogP contribution in [0.2, 0.25) is 0 Å². The van der Waals surface area contributed by atoms with E-state index in [-0.39, 0.29) is 22.4 Å². The van der Waals surface area contributed by atoms with E-state index in [2.05, 4.69) is 0 Å². The largest absolute Gasteiger partial charge is 0.450 e. The summed E-state index contributed by atoms with van der Waals surface area (Å²) in [4.78, 5) is 39.5. The predicted molar refractivity (Wildman–Crippen MR) is 120 cm³/mol. The number of nitrogens with zero attached hydrogens (tertiary/aromatic N) is 2. The van der Waals surface area contributed by atoms with E-state index >= 15 is 0 Å². The van der Waals surface area contributed by atoms with Crippen molar-refractivity contribution in [2.45, 2.75) is 19.9 Å². The first-order valence-corrected chi connectivity index (χ1v) is 10.1. The minimum absolute atomic E-state index is 0.0385. The smallest absolute Gasteiger partial charge is 0.295 e. The van der Waals surface area contributed by atoms with Gasteiger partial charge in [0.2, 0.25) is 5.76 Å². The number of non-ortho nitro benzene ring substituents is 1. The molecule has 2 heterocycles. The molecule has 1 amide bonds. The highest BCUT2D eigenvalue weighted by molar-refractivity contribution is 6.10. The zero-order valence-corrected chi connectivity index (χ0v) is 17.4. The molecule has 5 rings (SSSR count). The van der Waals surface area contributed by atoms with Crippen molar-refractivity contribution in [3.63, 3.8) is 0 Å². The number of benzene rings is 3. The number of rotatable bonds is 3. The van der Waals surface area contributed by atoms with E-state index in [4.69, 9.17) is 4.42 Å². The Morgan fingerprint density at radius 1 is 0.938 bits per heavy atom. The lowest BCUT2D eigenvalue weighted by Crippen LogP contribution is -2.29. The van der Waals surface area contributed by atoms with Gasteiger partial charge in [-0.2, -0.15) is 0 Å². The van der Waals surface area contributed by atoms with Crippen LogP contribution in [0.4, 0.5) is 11.4 Å². The van der Waals surface area contributed by atoms with Gasteiger partial charge < -0.3 is 4.42 Å². The molecule has 0 aliphatic carbocycles. The van der Waals surface area contributed by atoms with Gasteiger partial charge in [-0.1, -0.05) is 41.5 Å². The summed E-state index contributed by atoms with van der Waals surface area (Å²) in [7, 11) is 0. The van der Waals surface area contributed by atoms with E-state index in [9.17, 15) is 19.7 Å². The summed E-state index contributed by atoms with van der Waals surface area (Å²) in [5, 5.41) is 11.8. The minimum Gasteiger partial charge on any atom is -0.450 e. The van der Waals surface area contributed by atoms with Crippen LogP contribution in [0.5, 0.6) is 0 Å². The topological polar surface area (TPSA) is 93.7 Å². The molecule has 0 radical (unpaired) electrons. The lowest BCUT2D eigenvalue weighted by molar-refractivity contribution is -0.384. The summed E-state index contributed by atoms with van der Waals surface area (Å²) in [6, 6.07) is 17.7. The Kier molecular flexibility index (Phi) is 4.41. The van der Waals surface area contributed by atoms with Crippen LogP contribution < -0.4 is 10.3 Å². The lowest BCUT2D eigenvalue weighted by atomic mass is 9.97. The Bertz CT molecular complexity index is 1470. The molecule has 158 valence electrons. The zero-order chi connectivity index (χ0) is 22.6. The fourth-order valence-electron chi connectivity index (χ4n) is 4.18. The van der Waals surface area contributed by atoms with Gasteiger partial charge in [0.05, 0.1) is 21.9 Å². The molecule has 0 bridgehead atoms. The number of anilines is 1. The van der Waals surface area contributed by atoms with Crippen LogP contribution in [0.25, 0.3) is 11.0 Å². The van der Waals surface area contributed by atoms with Crippen molar-refractivity contribution in [2.24, 2.45) is 0 Å². The van der Waals surface area contributed by atoms with Crippen LogP contribution >= 0.6 is 0 Å².